The topological polar surface area (TPSA) is 97.2 Å². The van der Waals surface area contributed by atoms with Crippen LogP contribution in [0.4, 0.5) is 19.0 Å². The van der Waals surface area contributed by atoms with Gasteiger partial charge in [-0.3, -0.25) is 4.79 Å². The van der Waals surface area contributed by atoms with Gasteiger partial charge in [-0.05, 0) is 45.6 Å². The predicted molar refractivity (Wildman–Crippen MR) is 126 cm³/mol. The molecule has 2 N–H and O–H groups in total. The summed E-state index contributed by atoms with van der Waals surface area (Å²) in [6.45, 7) is 3.33. The molecule has 2 heterocycles. The molecule has 2 saturated carbocycles. The molecule has 0 spiro atoms. The third-order valence-electron chi connectivity index (χ3n) is 6.82. The highest BCUT2D eigenvalue weighted by Gasteiger charge is 2.39. The van der Waals surface area contributed by atoms with Gasteiger partial charge in [0.25, 0.3) is 6.43 Å². The first-order valence-electron chi connectivity index (χ1n) is 12.1. The molecule has 7 nitrogen and oxygen atoms in total. The number of carbonyl (C=O) groups is 1. The van der Waals surface area contributed by atoms with Crippen LogP contribution in [0.1, 0.15) is 80.4 Å². The van der Waals surface area contributed by atoms with Crippen LogP contribution in [0.2, 0.25) is 0 Å². The van der Waals surface area contributed by atoms with Crippen LogP contribution in [0, 0.1) is 12.7 Å². The van der Waals surface area contributed by atoms with Gasteiger partial charge in [-0.25, -0.2) is 23.1 Å². The first-order chi connectivity index (χ1) is 17.1. The van der Waals surface area contributed by atoms with Gasteiger partial charge in [0.05, 0.1) is 22.6 Å². The van der Waals surface area contributed by atoms with Crippen molar-refractivity contribution >= 4 is 22.6 Å². The average molecular weight is 501 g/mol. The standard InChI is InChI=1S/C26H27F3N4O3/c1-13(17-4-3-5-18(21(17)27)22(28)29)30-23-19-12-20(26(35)10-8-15(34)9-11-26)25(36-16-6-7-16)33-24(19)32-14(2)31-23/h3-5,12-13,16,22,35H,6-11H2,1-2H3,(H,30,31,32,33). The molecular weight excluding hydrogens is 473 g/mol. The van der Waals surface area contributed by atoms with Gasteiger partial charge in [0.1, 0.15) is 29.3 Å². The van der Waals surface area contributed by atoms with Crippen molar-refractivity contribution in [2.75, 3.05) is 5.32 Å². The molecule has 5 rings (SSSR count). The Morgan fingerprint density at radius 1 is 1.14 bits per heavy atom. The van der Waals surface area contributed by atoms with Crippen LogP contribution in [-0.2, 0) is 10.4 Å². The SMILES string of the molecule is Cc1nc(NC(C)c2cccc(C(F)F)c2F)c2cc(C3(O)CCC(=O)CC3)c(OC3CC3)nc2n1. The molecule has 0 aliphatic heterocycles. The fourth-order valence-electron chi connectivity index (χ4n) is 4.59. The molecule has 0 amide bonds. The second-order valence-electron chi connectivity index (χ2n) is 9.64. The van der Waals surface area contributed by atoms with Crippen molar-refractivity contribution in [2.45, 2.75) is 76.5 Å². The summed E-state index contributed by atoms with van der Waals surface area (Å²) in [5, 5.41) is 15.1. The number of ketones is 1. The lowest BCUT2D eigenvalue weighted by molar-refractivity contribution is -0.125. The van der Waals surface area contributed by atoms with Crippen molar-refractivity contribution in [2.24, 2.45) is 0 Å². The van der Waals surface area contributed by atoms with Crippen LogP contribution in [0.3, 0.4) is 0 Å². The zero-order valence-corrected chi connectivity index (χ0v) is 20.0. The maximum absolute atomic E-state index is 14.8. The Hall–Kier alpha value is -3.27. The van der Waals surface area contributed by atoms with Gasteiger partial charge < -0.3 is 15.2 Å². The molecule has 2 aromatic heterocycles. The van der Waals surface area contributed by atoms with Gasteiger partial charge in [-0.15, -0.1) is 0 Å². The monoisotopic (exact) mass is 500 g/mol. The van der Waals surface area contributed by atoms with Crippen molar-refractivity contribution in [3.05, 3.63) is 52.6 Å². The summed E-state index contributed by atoms with van der Waals surface area (Å²) in [5.74, 6) is 0.145. The highest BCUT2D eigenvalue weighted by Crippen LogP contribution is 2.43. The molecule has 2 fully saturated rings. The van der Waals surface area contributed by atoms with Crippen molar-refractivity contribution in [1.29, 1.82) is 0 Å². The number of hydrogen-bond donors (Lipinski definition) is 2. The van der Waals surface area contributed by atoms with Crippen LogP contribution < -0.4 is 10.1 Å². The number of Topliss-reactive ketones (excluding diaryl/α,β-unsaturated/α-hetero) is 1. The van der Waals surface area contributed by atoms with Crippen LogP contribution >= 0.6 is 0 Å². The Balaban J connectivity index is 1.58. The van der Waals surface area contributed by atoms with E-state index in [1.165, 1.54) is 12.1 Å². The van der Waals surface area contributed by atoms with E-state index in [2.05, 4.69) is 20.3 Å². The Kier molecular flexibility index (Phi) is 6.32. The molecule has 0 bridgehead atoms. The number of anilines is 1. The summed E-state index contributed by atoms with van der Waals surface area (Å²) in [4.78, 5) is 25.4. The molecule has 36 heavy (non-hydrogen) atoms. The van der Waals surface area contributed by atoms with E-state index in [4.69, 9.17) is 4.74 Å². The molecule has 1 aromatic carbocycles. The molecule has 0 radical (unpaired) electrons. The highest BCUT2D eigenvalue weighted by atomic mass is 19.3. The summed E-state index contributed by atoms with van der Waals surface area (Å²) in [6.07, 6.45) is -0.117. The number of hydrogen-bond acceptors (Lipinski definition) is 7. The summed E-state index contributed by atoms with van der Waals surface area (Å²) in [6, 6.07) is 4.91. The number of benzene rings is 1. The van der Waals surface area contributed by atoms with Crippen LogP contribution in [0.15, 0.2) is 24.3 Å². The minimum Gasteiger partial charge on any atom is -0.474 e. The van der Waals surface area contributed by atoms with E-state index in [1.54, 1.807) is 19.9 Å². The van der Waals surface area contributed by atoms with Gasteiger partial charge in [0.15, 0.2) is 5.65 Å². The van der Waals surface area contributed by atoms with Crippen molar-refractivity contribution in [3.8, 4) is 5.88 Å². The van der Waals surface area contributed by atoms with E-state index in [1.807, 2.05) is 0 Å². The third-order valence-corrected chi connectivity index (χ3v) is 6.82. The summed E-state index contributed by atoms with van der Waals surface area (Å²) in [7, 11) is 0. The molecule has 1 unspecified atom stereocenters. The number of nitrogens with zero attached hydrogens (tertiary/aromatic N) is 3. The highest BCUT2D eigenvalue weighted by molar-refractivity contribution is 5.88. The number of aromatic nitrogens is 3. The summed E-state index contributed by atoms with van der Waals surface area (Å²) >= 11 is 0. The van der Waals surface area contributed by atoms with Gasteiger partial charge in [-0.2, -0.15) is 4.98 Å². The Bertz CT molecular complexity index is 1320. The molecule has 3 aromatic rings. The number of aryl methyl sites for hydroxylation is 1. The Morgan fingerprint density at radius 2 is 1.83 bits per heavy atom. The summed E-state index contributed by atoms with van der Waals surface area (Å²) < 4.78 is 47.3. The quantitative estimate of drug-likeness (QED) is 0.445. The minimum atomic E-state index is -2.93. The number of halogens is 3. The van der Waals surface area contributed by atoms with Crippen molar-refractivity contribution in [3.63, 3.8) is 0 Å². The molecule has 1 atom stereocenters. The first kappa shape index (κ1) is 24.4. The van der Waals surface area contributed by atoms with Crippen molar-refractivity contribution < 1.29 is 27.8 Å². The predicted octanol–water partition coefficient (Wildman–Crippen LogP) is 5.45. The van der Waals surface area contributed by atoms with Crippen LogP contribution in [-0.4, -0.2) is 31.9 Å². The third kappa shape index (κ3) is 4.74. The zero-order valence-electron chi connectivity index (χ0n) is 20.0. The number of nitrogens with one attached hydrogen (secondary N) is 1. The van der Waals surface area contributed by atoms with E-state index in [9.17, 15) is 23.1 Å². The van der Waals surface area contributed by atoms with Gasteiger partial charge in [-0.1, -0.05) is 18.2 Å². The number of aliphatic hydroxyl groups is 1. The van der Waals surface area contributed by atoms with E-state index in [0.717, 1.165) is 18.9 Å². The number of pyridine rings is 1. The molecule has 190 valence electrons. The fraction of sp³-hybridized carbons (Fsp3) is 0.462. The lowest BCUT2D eigenvalue weighted by atomic mass is 9.79. The maximum atomic E-state index is 14.8. The van der Waals surface area contributed by atoms with Crippen molar-refractivity contribution in [1.82, 2.24) is 15.0 Å². The lowest BCUT2D eigenvalue weighted by Crippen LogP contribution is -2.32. The number of carbonyl (C=O) groups excluding carboxylic acids is 1. The number of alkyl halides is 2. The van der Waals surface area contributed by atoms with Gasteiger partial charge >= 0.3 is 0 Å². The van der Waals surface area contributed by atoms with E-state index in [0.29, 0.717) is 28.2 Å². The van der Waals surface area contributed by atoms with E-state index >= 15 is 0 Å². The Labute approximate surface area is 206 Å². The first-order valence-corrected chi connectivity index (χ1v) is 12.1. The van der Waals surface area contributed by atoms with Gasteiger partial charge in [0.2, 0.25) is 5.88 Å². The van der Waals surface area contributed by atoms with E-state index < -0.39 is 29.4 Å². The smallest absolute Gasteiger partial charge is 0.266 e. The van der Waals surface area contributed by atoms with Crippen LogP contribution in [0.25, 0.3) is 11.0 Å². The minimum absolute atomic E-state index is 0.0214. The van der Waals surface area contributed by atoms with E-state index in [-0.39, 0.29) is 49.0 Å². The number of ether oxygens (including phenoxy) is 1. The Morgan fingerprint density at radius 3 is 2.50 bits per heavy atom. The number of fused-ring (bicyclic) bond motifs is 1. The average Bonchev–Trinajstić information content (AvgIpc) is 3.64. The fourth-order valence-corrected chi connectivity index (χ4v) is 4.59. The summed E-state index contributed by atoms with van der Waals surface area (Å²) in [5.41, 5.74) is -1.10. The zero-order chi connectivity index (χ0) is 25.6. The molecule has 0 saturated heterocycles. The van der Waals surface area contributed by atoms with Gasteiger partial charge in [0, 0.05) is 24.0 Å². The maximum Gasteiger partial charge on any atom is 0.266 e. The second-order valence-corrected chi connectivity index (χ2v) is 9.64. The molecule has 2 aliphatic carbocycles. The lowest BCUT2D eigenvalue weighted by Gasteiger charge is -2.33. The van der Waals surface area contributed by atoms with Crippen LogP contribution in [0.5, 0.6) is 5.88 Å². The molecular formula is C26H27F3N4O3. The normalized spacial score (nSPS) is 18.5. The number of rotatable bonds is 7. The molecule has 2 aliphatic rings. The largest absolute Gasteiger partial charge is 0.474 e. The second kappa shape index (κ2) is 9.31. The molecule has 10 heteroatoms.